The molecule has 210 valence electrons. The van der Waals surface area contributed by atoms with Gasteiger partial charge in [0.05, 0.1) is 19.1 Å². The first-order valence-corrected chi connectivity index (χ1v) is 13.4. The maximum atomic E-state index is 15.8. The van der Waals surface area contributed by atoms with Gasteiger partial charge in [-0.2, -0.15) is 0 Å². The minimum atomic E-state index is -1.57. The minimum absolute atomic E-state index is 0.0140. The van der Waals surface area contributed by atoms with Gasteiger partial charge in [0.25, 0.3) is 0 Å². The number of ether oxygens (including phenoxy) is 2. The van der Waals surface area contributed by atoms with Crippen LogP contribution in [-0.4, -0.2) is 63.5 Å². The van der Waals surface area contributed by atoms with Crippen molar-refractivity contribution in [3.05, 3.63) is 65.4 Å². The van der Waals surface area contributed by atoms with Crippen LogP contribution in [0.3, 0.4) is 0 Å². The van der Waals surface area contributed by atoms with Crippen molar-refractivity contribution in [2.45, 2.75) is 77.5 Å². The number of rotatable bonds is 5. The molecule has 0 N–H and O–H groups in total. The summed E-state index contributed by atoms with van der Waals surface area (Å²) < 4.78 is 59.8. The molecule has 5 rings (SSSR count). The zero-order valence-corrected chi connectivity index (χ0v) is 23.3. The second-order valence-electron chi connectivity index (χ2n) is 12.3. The van der Waals surface area contributed by atoms with Crippen LogP contribution in [0.15, 0.2) is 42.5 Å². The third-order valence-electron chi connectivity index (χ3n) is 7.15. The van der Waals surface area contributed by atoms with E-state index >= 15 is 8.78 Å². The largest absolute Gasteiger partial charge is 0.487 e. The summed E-state index contributed by atoms with van der Waals surface area (Å²) in [6.07, 6.45) is -0.851. The van der Waals surface area contributed by atoms with Crippen LogP contribution in [0, 0.1) is 11.6 Å². The van der Waals surface area contributed by atoms with Crippen LogP contribution >= 0.6 is 0 Å². The summed E-state index contributed by atoms with van der Waals surface area (Å²) >= 11 is 0. The summed E-state index contributed by atoms with van der Waals surface area (Å²) in [6.45, 7) is 11.4. The molecule has 9 heteroatoms. The van der Waals surface area contributed by atoms with Gasteiger partial charge in [0.15, 0.2) is 0 Å². The van der Waals surface area contributed by atoms with Crippen molar-refractivity contribution in [3.8, 4) is 5.75 Å². The Bertz CT molecular complexity index is 1360. The number of carbonyl (C=O) groups is 1. The smallest absolute Gasteiger partial charge is 0.410 e. The summed E-state index contributed by atoms with van der Waals surface area (Å²) in [5, 5.41) is 0.964. The maximum absolute atomic E-state index is 15.8. The van der Waals surface area contributed by atoms with E-state index in [1.807, 2.05) is 42.2 Å². The monoisotopic (exact) mass is 543 g/mol. The van der Waals surface area contributed by atoms with E-state index in [9.17, 15) is 9.18 Å². The number of aromatic nitrogens is 1. The zero-order valence-electron chi connectivity index (χ0n) is 23.3. The van der Waals surface area contributed by atoms with E-state index in [2.05, 4.69) is 4.57 Å². The Morgan fingerprint density at radius 3 is 2.26 bits per heavy atom. The van der Waals surface area contributed by atoms with Crippen LogP contribution in [0.2, 0.25) is 0 Å². The number of nitrogens with zero attached hydrogens (tertiary/aromatic N) is 3. The first-order valence-electron chi connectivity index (χ1n) is 13.4. The van der Waals surface area contributed by atoms with Crippen molar-refractivity contribution in [1.29, 1.82) is 0 Å². The van der Waals surface area contributed by atoms with Gasteiger partial charge in [-0.25, -0.2) is 18.0 Å². The van der Waals surface area contributed by atoms with Gasteiger partial charge in [0.1, 0.15) is 34.8 Å². The number of benzene rings is 2. The van der Waals surface area contributed by atoms with Crippen LogP contribution in [0.5, 0.6) is 5.75 Å². The van der Waals surface area contributed by atoms with Crippen molar-refractivity contribution in [3.63, 3.8) is 0 Å². The summed E-state index contributed by atoms with van der Waals surface area (Å²) in [4.78, 5) is 15.5. The molecule has 6 nitrogen and oxygen atoms in total. The molecule has 2 aliphatic rings. The van der Waals surface area contributed by atoms with Crippen molar-refractivity contribution < 1.29 is 27.4 Å². The number of hydrogen-bond acceptors (Lipinski definition) is 4. The van der Waals surface area contributed by atoms with E-state index in [0.29, 0.717) is 6.54 Å². The van der Waals surface area contributed by atoms with E-state index in [-0.39, 0.29) is 37.0 Å². The molecule has 39 heavy (non-hydrogen) atoms. The number of para-hydroxylation sites is 1. The molecule has 0 saturated carbocycles. The molecule has 0 bridgehead atoms. The number of carbonyl (C=O) groups excluding carboxylic acids is 1. The Balaban J connectivity index is 1.44. The van der Waals surface area contributed by atoms with Crippen LogP contribution in [0.4, 0.5) is 18.0 Å². The topological polar surface area (TPSA) is 46.9 Å². The predicted molar refractivity (Wildman–Crippen MR) is 144 cm³/mol. The average molecular weight is 544 g/mol. The summed E-state index contributed by atoms with van der Waals surface area (Å²) in [6, 6.07) is 11.1. The summed E-state index contributed by atoms with van der Waals surface area (Å²) in [5.41, 5.74) is -0.619. The molecule has 1 amide bonds. The highest BCUT2D eigenvalue weighted by molar-refractivity contribution is 5.82. The van der Waals surface area contributed by atoms with Crippen molar-refractivity contribution in [2.24, 2.45) is 0 Å². The fraction of sp³-hybridized carbons (Fsp3) is 0.500. The number of fused-ring (bicyclic) bond motifs is 3. The van der Waals surface area contributed by atoms with Crippen LogP contribution < -0.4 is 4.74 Å². The lowest BCUT2D eigenvalue weighted by Gasteiger charge is -2.44. The lowest BCUT2D eigenvalue weighted by molar-refractivity contribution is -0.0223. The maximum Gasteiger partial charge on any atom is 0.410 e. The Kier molecular flexibility index (Phi) is 6.85. The Morgan fingerprint density at radius 2 is 1.64 bits per heavy atom. The fourth-order valence-electron chi connectivity index (χ4n) is 5.52. The van der Waals surface area contributed by atoms with Gasteiger partial charge in [-0.15, -0.1) is 0 Å². The van der Waals surface area contributed by atoms with E-state index in [4.69, 9.17) is 9.47 Å². The Morgan fingerprint density at radius 1 is 1.00 bits per heavy atom. The second kappa shape index (κ2) is 9.77. The van der Waals surface area contributed by atoms with Gasteiger partial charge < -0.3 is 18.9 Å². The minimum Gasteiger partial charge on any atom is -0.487 e. The molecular formula is C30H36F3N3O3. The summed E-state index contributed by atoms with van der Waals surface area (Å²) in [7, 11) is 0. The molecule has 0 radical (unpaired) electrons. The molecule has 2 aliphatic heterocycles. The van der Waals surface area contributed by atoms with Gasteiger partial charge in [-0.3, -0.25) is 4.90 Å². The molecule has 1 fully saturated rings. The first-order chi connectivity index (χ1) is 18.2. The van der Waals surface area contributed by atoms with Gasteiger partial charge in [-0.05, 0) is 59.1 Å². The highest BCUT2D eigenvalue weighted by Gasteiger charge is 2.41. The van der Waals surface area contributed by atoms with E-state index in [1.165, 1.54) is 30.9 Å². The van der Waals surface area contributed by atoms with Crippen molar-refractivity contribution in [1.82, 2.24) is 14.4 Å². The van der Waals surface area contributed by atoms with Gasteiger partial charge in [-0.1, -0.05) is 18.2 Å². The molecule has 0 aliphatic carbocycles. The highest BCUT2D eigenvalue weighted by Crippen LogP contribution is 2.42. The molecule has 1 saturated heterocycles. The first kappa shape index (κ1) is 27.4. The third-order valence-corrected chi connectivity index (χ3v) is 7.15. The molecule has 0 unspecified atom stereocenters. The van der Waals surface area contributed by atoms with Crippen molar-refractivity contribution in [2.75, 3.05) is 19.6 Å². The van der Waals surface area contributed by atoms with E-state index in [0.717, 1.165) is 16.6 Å². The van der Waals surface area contributed by atoms with Gasteiger partial charge in [0, 0.05) is 48.0 Å². The molecule has 0 spiro atoms. The molecule has 2 aromatic carbocycles. The normalized spacial score (nSPS) is 20.6. The SMILES string of the molecule is C[C@@H]1Cn2c(cc3ccccc32)[C@@H](c2c(F)cc(OC3CN(C(=O)OC(C)(C)C)C3)cc2F)N1CC(C)(C)F. The second-order valence-corrected chi connectivity index (χ2v) is 12.3. The molecule has 3 heterocycles. The van der Waals surface area contributed by atoms with Gasteiger partial charge in [0.2, 0.25) is 0 Å². The summed E-state index contributed by atoms with van der Waals surface area (Å²) in [5.74, 6) is -1.47. The number of likely N-dealkylation sites (tertiary alicyclic amines) is 1. The fourth-order valence-corrected chi connectivity index (χ4v) is 5.52. The van der Waals surface area contributed by atoms with Crippen LogP contribution in [0.1, 0.15) is 58.8 Å². The Labute approximate surface area is 227 Å². The standard InChI is InChI=1S/C30H36F3N3O3/c1-18-14-35-24-10-8-7-9-19(24)11-25(35)27(36(18)17-30(5,6)33)26-22(31)12-20(13-23(26)32)38-21-15-34(16-21)28(37)39-29(2,3)4/h7-13,18,21,27H,14-17H2,1-6H3/t18-,27+/m1/s1. The highest BCUT2D eigenvalue weighted by atomic mass is 19.1. The number of hydrogen-bond donors (Lipinski definition) is 0. The van der Waals surface area contributed by atoms with E-state index in [1.54, 1.807) is 20.8 Å². The predicted octanol–water partition coefficient (Wildman–Crippen LogP) is 6.46. The van der Waals surface area contributed by atoms with Crippen molar-refractivity contribution >= 4 is 17.0 Å². The lowest BCUT2D eigenvalue weighted by Crippen LogP contribution is -2.57. The molecule has 1 aromatic heterocycles. The van der Waals surface area contributed by atoms with Gasteiger partial charge >= 0.3 is 6.09 Å². The van der Waals surface area contributed by atoms with E-state index < -0.39 is 41.1 Å². The number of halogens is 3. The average Bonchev–Trinajstić information content (AvgIpc) is 3.13. The van der Waals surface area contributed by atoms with Crippen LogP contribution in [-0.2, 0) is 11.3 Å². The zero-order chi connectivity index (χ0) is 28.3. The lowest BCUT2D eigenvalue weighted by atomic mass is 9.94. The Hall–Kier alpha value is -3.20. The van der Waals surface area contributed by atoms with Crippen LogP contribution in [0.25, 0.3) is 10.9 Å². The molecule has 2 atom stereocenters. The number of amides is 1. The number of alkyl halides is 1. The third kappa shape index (κ3) is 5.60. The quantitative estimate of drug-likeness (QED) is 0.371. The molecular weight excluding hydrogens is 507 g/mol. The molecule has 3 aromatic rings.